The van der Waals surface area contributed by atoms with Gasteiger partial charge < -0.3 is 9.47 Å². The fourth-order valence-corrected chi connectivity index (χ4v) is 9.02. The van der Waals surface area contributed by atoms with Gasteiger partial charge in [0, 0.05) is 23.3 Å². The van der Waals surface area contributed by atoms with Crippen molar-refractivity contribution in [3.63, 3.8) is 0 Å². The molecule has 236 valence electrons. The quantitative estimate of drug-likeness (QED) is 0.0747. The third-order valence-electron chi connectivity index (χ3n) is 7.75. The zero-order chi connectivity index (χ0) is 30.3. The van der Waals surface area contributed by atoms with Crippen molar-refractivity contribution in [1.29, 1.82) is 0 Å². The lowest BCUT2D eigenvalue weighted by atomic mass is 10.1. The van der Waals surface area contributed by atoms with Crippen LogP contribution in [0.5, 0.6) is 11.5 Å². The number of benzene rings is 1. The van der Waals surface area contributed by atoms with Gasteiger partial charge in [-0.2, -0.15) is 8.75 Å². The molecule has 0 spiro atoms. The first-order valence-corrected chi connectivity index (χ1v) is 20.2. The molecule has 4 aromatic rings. The number of unbranched alkanes of at least 4 members (excludes halogenated alkanes) is 14. The van der Waals surface area contributed by atoms with Crippen LogP contribution in [0.3, 0.4) is 0 Å². The summed E-state index contributed by atoms with van der Waals surface area (Å²) in [5.41, 5.74) is 4.00. The predicted molar refractivity (Wildman–Crippen MR) is 196 cm³/mol. The minimum atomic E-state index is 0.741. The van der Waals surface area contributed by atoms with Gasteiger partial charge in [-0.05, 0) is 44.7 Å². The van der Waals surface area contributed by atoms with E-state index in [2.05, 4.69) is 70.0 Å². The second kappa shape index (κ2) is 19.5. The van der Waals surface area contributed by atoms with Crippen molar-refractivity contribution in [2.45, 2.75) is 117 Å². The number of ether oxygens (including phenoxy) is 2. The summed E-state index contributed by atoms with van der Waals surface area (Å²) in [6.07, 6.45) is 20.7. The SMILES string of the molecule is CCCCCCCCCCOc1cc(Br)sc1-c1ccc(-c2sc(Br)cc2OCCCCCCCCCC)c2nsnc12. The number of hydrogen-bond acceptors (Lipinski definition) is 7. The Bertz CT molecular complexity index is 1270. The summed E-state index contributed by atoms with van der Waals surface area (Å²) in [5.74, 6) is 1.85. The number of rotatable bonds is 22. The van der Waals surface area contributed by atoms with Crippen LogP contribution in [0.25, 0.3) is 31.9 Å². The highest BCUT2D eigenvalue weighted by atomic mass is 79.9. The minimum absolute atomic E-state index is 0.741. The van der Waals surface area contributed by atoms with E-state index in [4.69, 9.17) is 18.2 Å². The highest BCUT2D eigenvalue weighted by Crippen LogP contribution is 2.48. The summed E-state index contributed by atoms with van der Waals surface area (Å²) >= 11 is 12.1. The Kier molecular flexibility index (Phi) is 15.8. The lowest BCUT2D eigenvalue weighted by Crippen LogP contribution is -1.98. The lowest BCUT2D eigenvalue weighted by molar-refractivity contribution is 0.306. The van der Waals surface area contributed by atoms with Gasteiger partial charge in [0.1, 0.15) is 22.5 Å². The van der Waals surface area contributed by atoms with Gasteiger partial charge in [0.15, 0.2) is 0 Å². The molecule has 0 aliphatic heterocycles. The Morgan fingerprint density at radius 3 is 1.33 bits per heavy atom. The van der Waals surface area contributed by atoms with Crippen molar-refractivity contribution in [1.82, 2.24) is 8.75 Å². The zero-order valence-electron chi connectivity index (χ0n) is 25.7. The van der Waals surface area contributed by atoms with Gasteiger partial charge in [-0.1, -0.05) is 116 Å². The molecule has 43 heavy (non-hydrogen) atoms. The molecule has 0 saturated heterocycles. The van der Waals surface area contributed by atoms with Crippen LogP contribution in [0, 0.1) is 0 Å². The van der Waals surface area contributed by atoms with E-state index in [0.29, 0.717) is 0 Å². The van der Waals surface area contributed by atoms with Crippen LogP contribution >= 0.6 is 66.3 Å². The average Bonchev–Trinajstić information content (AvgIpc) is 3.73. The maximum atomic E-state index is 6.33. The van der Waals surface area contributed by atoms with E-state index < -0.39 is 0 Å². The second-order valence-corrected chi connectivity index (χ2v) is 16.6. The Labute approximate surface area is 287 Å². The van der Waals surface area contributed by atoms with Crippen LogP contribution in [0.2, 0.25) is 0 Å². The summed E-state index contributed by atoms with van der Waals surface area (Å²) < 4.78 is 24.3. The maximum Gasteiger partial charge on any atom is 0.139 e. The summed E-state index contributed by atoms with van der Waals surface area (Å²) in [6, 6.07) is 8.54. The fraction of sp³-hybridized carbons (Fsp3) is 0.588. The molecule has 0 bridgehead atoms. The van der Waals surface area contributed by atoms with Crippen LogP contribution in [0.1, 0.15) is 117 Å². The second-order valence-electron chi connectivity index (χ2n) is 11.3. The van der Waals surface area contributed by atoms with Gasteiger partial charge >= 0.3 is 0 Å². The molecule has 0 atom stereocenters. The number of hydrogen-bond donors (Lipinski definition) is 0. The van der Waals surface area contributed by atoms with Crippen LogP contribution in [-0.2, 0) is 0 Å². The summed E-state index contributed by atoms with van der Waals surface area (Å²) in [6.45, 7) is 6.02. The minimum Gasteiger partial charge on any atom is -0.492 e. The van der Waals surface area contributed by atoms with E-state index in [1.807, 2.05) is 0 Å². The smallest absolute Gasteiger partial charge is 0.139 e. The first-order chi connectivity index (χ1) is 21.1. The molecule has 0 aliphatic carbocycles. The molecule has 4 nitrogen and oxygen atoms in total. The maximum absolute atomic E-state index is 6.33. The van der Waals surface area contributed by atoms with Crippen molar-refractivity contribution in [2.24, 2.45) is 0 Å². The van der Waals surface area contributed by atoms with Crippen LogP contribution in [-0.4, -0.2) is 22.0 Å². The third kappa shape index (κ3) is 10.8. The van der Waals surface area contributed by atoms with Gasteiger partial charge in [0.25, 0.3) is 0 Å². The van der Waals surface area contributed by atoms with Crippen molar-refractivity contribution in [3.8, 4) is 32.4 Å². The van der Waals surface area contributed by atoms with Crippen molar-refractivity contribution in [2.75, 3.05) is 13.2 Å². The molecule has 1 aromatic carbocycles. The standard InChI is InChI=1S/C34H46Br2N2O2S3/c1-3-5-7-9-11-13-15-17-21-39-27-23-29(35)41-33(27)25-19-20-26(32-31(25)37-43-38-32)34-28(24-30(36)42-34)40-22-18-16-14-12-10-8-6-4-2/h19-20,23-24H,3-18,21-22H2,1-2H3. The number of aromatic nitrogens is 2. The van der Waals surface area contributed by atoms with E-state index in [9.17, 15) is 0 Å². The molecule has 0 fully saturated rings. The van der Waals surface area contributed by atoms with Crippen LogP contribution in [0.15, 0.2) is 31.8 Å². The predicted octanol–water partition coefficient (Wildman–Crippen LogP) is 13.7. The molecule has 3 heterocycles. The highest BCUT2D eigenvalue weighted by Gasteiger charge is 2.21. The Morgan fingerprint density at radius 2 is 0.930 bits per heavy atom. The number of thiophene rings is 2. The molecular formula is C34H46Br2N2O2S3. The monoisotopic (exact) mass is 768 g/mol. The van der Waals surface area contributed by atoms with Crippen LogP contribution in [0.4, 0.5) is 0 Å². The molecule has 0 N–H and O–H groups in total. The lowest BCUT2D eigenvalue weighted by Gasteiger charge is -2.10. The molecule has 3 aromatic heterocycles. The molecule has 9 heteroatoms. The Balaban J connectivity index is 1.38. The van der Waals surface area contributed by atoms with Gasteiger partial charge in [-0.15, -0.1) is 22.7 Å². The van der Waals surface area contributed by atoms with E-state index in [1.54, 1.807) is 22.7 Å². The summed E-state index contributed by atoms with van der Waals surface area (Å²) in [5, 5.41) is 0. The molecular weight excluding hydrogens is 724 g/mol. The largest absolute Gasteiger partial charge is 0.492 e. The van der Waals surface area contributed by atoms with E-state index in [1.165, 1.54) is 102 Å². The number of halogens is 2. The highest BCUT2D eigenvalue weighted by molar-refractivity contribution is 9.11. The molecule has 0 amide bonds. The molecule has 0 unspecified atom stereocenters. The number of nitrogens with zero attached hydrogens (tertiary/aromatic N) is 2. The van der Waals surface area contributed by atoms with Gasteiger partial charge in [-0.25, -0.2) is 0 Å². The summed E-state index contributed by atoms with van der Waals surface area (Å²) in [7, 11) is 0. The van der Waals surface area contributed by atoms with E-state index in [0.717, 1.165) is 77.0 Å². The summed E-state index contributed by atoms with van der Waals surface area (Å²) in [4.78, 5) is 2.21. The third-order valence-corrected chi connectivity index (χ3v) is 11.6. The molecule has 4 rings (SSSR count). The topological polar surface area (TPSA) is 44.2 Å². The first-order valence-electron chi connectivity index (χ1n) is 16.2. The fourth-order valence-electron chi connectivity index (χ4n) is 5.35. The average molecular weight is 771 g/mol. The van der Waals surface area contributed by atoms with E-state index >= 15 is 0 Å². The first kappa shape index (κ1) is 34.9. The number of fused-ring (bicyclic) bond motifs is 1. The van der Waals surface area contributed by atoms with E-state index in [-0.39, 0.29) is 0 Å². The zero-order valence-corrected chi connectivity index (χ0v) is 31.4. The van der Waals surface area contributed by atoms with Gasteiger partial charge in [-0.3, -0.25) is 0 Å². The van der Waals surface area contributed by atoms with Gasteiger partial charge in [0.2, 0.25) is 0 Å². The van der Waals surface area contributed by atoms with Crippen LogP contribution < -0.4 is 9.47 Å². The van der Waals surface area contributed by atoms with Gasteiger partial charge in [0.05, 0.1) is 42.3 Å². The van der Waals surface area contributed by atoms with Crippen molar-refractivity contribution >= 4 is 77.3 Å². The Hall–Kier alpha value is -1.00. The van der Waals surface area contributed by atoms with Crippen molar-refractivity contribution in [3.05, 3.63) is 31.8 Å². The molecule has 0 aliphatic rings. The molecule has 0 saturated carbocycles. The Morgan fingerprint density at radius 1 is 0.558 bits per heavy atom. The molecule has 0 radical (unpaired) electrons. The normalized spacial score (nSPS) is 11.5. The van der Waals surface area contributed by atoms with Crippen molar-refractivity contribution < 1.29 is 9.47 Å².